The van der Waals surface area contributed by atoms with Gasteiger partial charge in [0.15, 0.2) is 5.78 Å². The molecule has 9 heterocycles. The van der Waals surface area contributed by atoms with Crippen molar-refractivity contribution in [3.63, 3.8) is 0 Å². The van der Waals surface area contributed by atoms with E-state index in [4.69, 9.17) is 63.7 Å². The number of likely N-dealkylation sites (tertiary alicyclic amines) is 6. The number of nitrogens with one attached hydrogen (secondary N) is 4. The first-order valence-corrected chi connectivity index (χ1v) is 45.5. The van der Waals surface area contributed by atoms with E-state index in [1.165, 1.54) is 32.1 Å². The minimum absolute atomic E-state index is 0. The number of halogens is 5. The maximum Gasteiger partial charge on any atom is 0.255 e. The number of Topliss-reactive ketones (excluding diaryl/α,β-unsaturated/α-hetero) is 2. The van der Waals surface area contributed by atoms with E-state index in [1.807, 2.05) is 122 Å². The van der Waals surface area contributed by atoms with Crippen LogP contribution in [-0.4, -0.2) is 221 Å². The number of aromatic nitrogens is 2. The number of aromatic amines is 2. The van der Waals surface area contributed by atoms with Crippen molar-refractivity contribution in [1.82, 2.24) is 44.7 Å². The Morgan fingerprint density at radius 1 is 0.455 bits per heavy atom. The highest BCUT2D eigenvalue weighted by atomic mass is 35.5. The summed E-state index contributed by atoms with van der Waals surface area (Å²) in [5, 5.41) is 8.97. The Bertz CT molecular complexity index is 4940. The summed E-state index contributed by atoms with van der Waals surface area (Å²) in [5.74, 6) is 2.32. The number of ketones is 3. The van der Waals surface area contributed by atoms with Gasteiger partial charge < -0.3 is 60.6 Å². The van der Waals surface area contributed by atoms with Crippen LogP contribution in [0.3, 0.4) is 0 Å². The van der Waals surface area contributed by atoms with Crippen LogP contribution in [0.1, 0.15) is 224 Å². The zero-order valence-electron chi connectivity index (χ0n) is 76.2. The third-order valence-electron chi connectivity index (χ3n) is 24.6. The molecule has 134 heavy (non-hydrogen) atoms. The summed E-state index contributed by atoms with van der Waals surface area (Å²) >= 11 is 29.7. The summed E-state index contributed by atoms with van der Waals surface area (Å²) in [6, 6.07) is 25.9. The summed E-state index contributed by atoms with van der Waals surface area (Å²) in [6.07, 6.45) is 7.02. The monoisotopic (exact) mass is 1960 g/mol. The van der Waals surface area contributed by atoms with Gasteiger partial charge in [-0.05, 0) is 251 Å². The zero-order chi connectivity index (χ0) is 94.0. The van der Waals surface area contributed by atoms with Gasteiger partial charge in [-0.2, -0.15) is 0 Å². The number of allylic oxidation sites excluding steroid dienone is 1. The molecule has 7 aliphatic rings. The van der Waals surface area contributed by atoms with E-state index in [0.29, 0.717) is 172 Å². The summed E-state index contributed by atoms with van der Waals surface area (Å²) in [7, 11) is 0. The molecular weight excluding hydrogens is 1800 g/mol. The van der Waals surface area contributed by atoms with Crippen LogP contribution in [0, 0.1) is 96.8 Å². The van der Waals surface area contributed by atoms with Crippen LogP contribution < -0.4 is 37.3 Å². The van der Waals surface area contributed by atoms with Crippen LogP contribution in [0.2, 0.25) is 20.1 Å². The summed E-state index contributed by atoms with van der Waals surface area (Å²) < 4.78 is 0. The number of nitrogen functional groups attached to an aromatic ring is 1. The van der Waals surface area contributed by atoms with E-state index < -0.39 is 0 Å². The fraction of sp³-hybridized carbons (Fsp3) is 0.544. The number of fused-ring (bicyclic) bond motifs is 2. The van der Waals surface area contributed by atoms with E-state index in [1.54, 1.807) is 68.4 Å². The second-order valence-electron chi connectivity index (χ2n) is 34.5. The lowest BCUT2D eigenvalue weighted by Crippen LogP contribution is -2.45. The lowest BCUT2D eigenvalue weighted by Gasteiger charge is -2.35. The smallest absolute Gasteiger partial charge is 0.255 e. The molecule has 7 aliphatic heterocycles. The molecule has 13 rings (SSSR count). The number of hydrogen-bond acceptors (Lipinski definition) is 17. The third-order valence-corrected chi connectivity index (χ3v) is 26.5. The van der Waals surface area contributed by atoms with Crippen molar-refractivity contribution in [2.45, 2.75) is 220 Å². The molecule has 746 valence electrons. The van der Waals surface area contributed by atoms with Gasteiger partial charge in [-0.3, -0.25) is 67.2 Å². The van der Waals surface area contributed by atoms with Crippen LogP contribution >= 0.6 is 58.0 Å². The SMILES string of the molecule is C.C.C.C.C.C.C.C=CC(C)=O.CC(=O)CCN(C(=O)C1CCN(C(C)=O)CC1)c1ccc(C)c(Cl)c1.CC(=O)CCNc1ccc(C)c(Cl)c1.CC(=O)N1CCC(C(=O)Cl)CC1.CC(=O)N1CCC(C(=O)N(CCC(C)N2CC3CN(C(=O)c4c(C)cc(=O)[nH]c4C)CC3C2)c2ccc(C)c(Cl)c2)CC1.Cc1cc(=O)[nH]c(C)c1C(=O)N1CC2CNCC2C1.Cc1ccc(N)cc1Cl. The summed E-state index contributed by atoms with van der Waals surface area (Å²) in [6.45, 7) is 42.0. The van der Waals surface area contributed by atoms with Crippen molar-refractivity contribution in [1.29, 1.82) is 0 Å². The number of benzene rings is 4. The first-order valence-electron chi connectivity index (χ1n) is 43.6. The van der Waals surface area contributed by atoms with Crippen molar-refractivity contribution in [3.8, 4) is 0 Å². The van der Waals surface area contributed by atoms with Crippen molar-refractivity contribution >= 4 is 145 Å². The van der Waals surface area contributed by atoms with E-state index in [0.717, 1.165) is 119 Å². The zero-order valence-corrected chi connectivity index (χ0v) is 80.0. The van der Waals surface area contributed by atoms with Crippen LogP contribution in [0.25, 0.3) is 0 Å². The molecule has 7 fully saturated rings. The molecule has 0 saturated carbocycles. The largest absolute Gasteiger partial charge is 0.399 e. The number of piperidine rings is 3. The van der Waals surface area contributed by atoms with Gasteiger partial charge in [-0.25, -0.2) is 0 Å². The number of amides is 7. The number of rotatable bonds is 19. The van der Waals surface area contributed by atoms with Gasteiger partial charge in [-0.1, -0.05) is 129 Å². The quantitative estimate of drug-likeness (QED) is 0.0286. The Labute approximate surface area is 824 Å². The number of carbonyl (C=O) groups is 11. The van der Waals surface area contributed by atoms with Gasteiger partial charge in [0.25, 0.3) is 11.8 Å². The molecule has 4 aromatic carbocycles. The Kier molecular flexibility index (Phi) is 55.2. The minimum atomic E-state index is -0.266. The Hall–Kier alpha value is -9.54. The lowest BCUT2D eigenvalue weighted by atomic mass is 9.94. The van der Waals surface area contributed by atoms with E-state index >= 15 is 0 Å². The van der Waals surface area contributed by atoms with E-state index in [2.05, 4.69) is 39.0 Å². The first-order chi connectivity index (χ1) is 59.9. The van der Waals surface area contributed by atoms with E-state index in [-0.39, 0.29) is 151 Å². The molecule has 7 saturated heterocycles. The molecule has 6 N–H and O–H groups in total. The fourth-order valence-corrected chi connectivity index (χ4v) is 17.6. The number of hydrogen-bond donors (Lipinski definition) is 5. The number of pyridine rings is 2. The molecule has 0 aliphatic carbocycles. The minimum Gasteiger partial charge on any atom is -0.399 e. The fourth-order valence-electron chi connectivity index (χ4n) is 16.7. The Balaban J connectivity index is 0.00000167. The lowest BCUT2D eigenvalue weighted by molar-refractivity contribution is -0.133. The predicted octanol–water partition coefficient (Wildman–Crippen LogP) is 19.0. The molecule has 6 aromatic rings. The number of aryl methyl sites for hydroxylation is 8. The van der Waals surface area contributed by atoms with Crippen molar-refractivity contribution < 1.29 is 52.7 Å². The highest BCUT2D eigenvalue weighted by molar-refractivity contribution is 6.64. The molecule has 5 atom stereocenters. The second kappa shape index (κ2) is 59.5. The van der Waals surface area contributed by atoms with Crippen LogP contribution in [0.4, 0.5) is 22.7 Å². The number of nitrogens with two attached hydrogens (primary N) is 1. The first kappa shape index (κ1) is 124. The molecule has 5 unspecified atom stereocenters. The summed E-state index contributed by atoms with van der Waals surface area (Å²) in [5.41, 5.74) is 16.4. The molecule has 2 aromatic heterocycles. The molecule has 7 amide bonds. The topological polar surface area (TPSA) is 329 Å². The molecule has 0 radical (unpaired) electrons. The average Bonchev–Trinajstić information content (AvgIpc) is 1.71. The standard InChI is InChI=1S/C33H44ClN5O4.C19H25ClN2O3.C14H19N3O2.C11H14ClNO.C8H12ClNO2.C7H8ClN.C4H6O.7CH4/c1-20-6-7-28(15-29(20)34)39(32(42)25-9-11-36(12-10-25)24(5)40)13-8-22(3)37-16-26-18-38(19-27(26)17-37)33(43)31-21(2)14-30(41)35-23(31)4;1-13-4-5-17(12-18(13)20)22(11-6-14(2)23)19(25)16-7-9-21(10-8-16)15(3)24;1-8-3-12(18)16-9(2)13(8)14(19)17-6-10-4-15-5-11(10)7-17;1-8-3-4-10(7-11(8)12)13-6-5-9(2)14;1-6(11)10-4-2-7(3-5-10)8(9)12;1-5-2-3-6(9)4-7(5)8;1-3-4(2)5;;;;;;;/h6-7,14-15,22,25-27H,8-13,16-19H2,1-5H3,(H,35,41);4-5,12,16H,6-11H2,1-3H3;3,10-11,15H,4-7H2,1-2H3,(H,16,18);3-4,7,13H,5-6H2,1-2H3;7H,2-5H2,1H3;2-4H,9H2,1H3;3H,1H2,2H3;7*1H4. The third kappa shape index (κ3) is 37.2. The maximum atomic E-state index is 13.9. The van der Waals surface area contributed by atoms with Crippen LogP contribution in [0.5, 0.6) is 0 Å². The van der Waals surface area contributed by atoms with Gasteiger partial charge in [0, 0.05) is 235 Å². The molecule has 0 bridgehead atoms. The van der Waals surface area contributed by atoms with Gasteiger partial charge in [0.05, 0.1) is 11.1 Å². The van der Waals surface area contributed by atoms with Gasteiger partial charge in [-0.15, -0.1) is 0 Å². The highest BCUT2D eigenvalue weighted by Gasteiger charge is 2.44. The maximum absolute atomic E-state index is 13.9. The number of nitrogens with zero attached hydrogens (tertiary/aromatic N) is 8. The number of anilines is 4. The molecule has 0 spiro atoms. The van der Waals surface area contributed by atoms with Gasteiger partial charge >= 0.3 is 0 Å². The average molecular weight is 1960 g/mol. The predicted molar refractivity (Wildman–Crippen MR) is 554 cm³/mol. The number of H-pyrrole nitrogens is 2. The van der Waals surface area contributed by atoms with Crippen molar-refractivity contribution in [2.24, 2.45) is 41.4 Å². The van der Waals surface area contributed by atoms with E-state index in [9.17, 15) is 62.3 Å². The highest BCUT2D eigenvalue weighted by Crippen LogP contribution is 2.37. The van der Waals surface area contributed by atoms with Gasteiger partial charge in [0.2, 0.25) is 45.9 Å². The summed E-state index contributed by atoms with van der Waals surface area (Å²) in [4.78, 5) is 174. The normalized spacial score (nSPS) is 17.1. The number of carbonyl (C=O) groups excluding carboxylic acids is 11. The molecule has 26 nitrogen and oxygen atoms in total. The second-order valence-corrected chi connectivity index (χ2v) is 36.5. The molecule has 31 heteroatoms. The van der Waals surface area contributed by atoms with Crippen LogP contribution in [-0.2, 0) is 43.2 Å². The van der Waals surface area contributed by atoms with Gasteiger partial charge in [0.1, 0.15) is 11.6 Å². The van der Waals surface area contributed by atoms with Crippen molar-refractivity contribution in [2.75, 3.05) is 132 Å². The Morgan fingerprint density at radius 3 is 1.13 bits per heavy atom. The van der Waals surface area contributed by atoms with Crippen LogP contribution in [0.15, 0.2) is 107 Å². The van der Waals surface area contributed by atoms with Crippen molar-refractivity contribution in [3.05, 3.63) is 194 Å². The molecular formula is C103H156Cl5N13O13. The Morgan fingerprint density at radius 2 is 0.799 bits per heavy atom.